The summed E-state index contributed by atoms with van der Waals surface area (Å²) in [7, 11) is 0. The number of nitriles is 1. The predicted octanol–water partition coefficient (Wildman–Crippen LogP) is 1.74. The number of rotatable bonds is 4. The summed E-state index contributed by atoms with van der Waals surface area (Å²) in [6, 6.07) is 9.12. The highest BCUT2D eigenvalue weighted by Crippen LogP contribution is 2.23. The second-order valence-electron chi connectivity index (χ2n) is 5.73. The van der Waals surface area contributed by atoms with Gasteiger partial charge in [0.1, 0.15) is 6.54 Å². The molecule has 0 atom stereocenters. The first-order valence-electron chi connectivity index (χ1n) is 7.04. The number of H-pyrrole nitrogens is 1. The highest BCUT2D eigenvalue weighted by molar-refractivity contribution is 9.10. The number of amides is 1. The Bertz CT molecular complexity index is 920. The molecule has 0 unspecified atom stereocenters. The zero-order valence-corrected chi connectivity index (χ0v) is 14.7. The van der Waals surface area contributed by atoms with Crippen molar-refractivity contribution in [3.05, 3.63) is 61.3 Å². The fourth-order valence-electron chi connectivity index (χ4n) is 1.99. The molecule has 2 aromatic rings. The lowest BCUT2D eigenvalue weighted by molar-refractivity contribution is -0.116. The van der Waals surface area contributed by atoms with Gasteiger partial charge < -0.3 is 5.32 Å². The Morgan fingerprint density at radius 1 is 1.33 bits per heavy atom. The molecular formula is C16H15BrN4O3. The first-order valence-corrected chi connectivity index (χ1v) is 7.83. The molecule has 1 aromatic heterocycles. The Morgan fingerprint density at radius 2 is 1.96 bits per heavy atom. The Balaban J connectivity index is 2.11. The summed E-state index contributed by atoms with van der Waals surface area (Å²) >= 11 is 3.01. The van der Waals surface area contributed by atoms with Gasteiger partial charge in [-0.3, -0.25) is 19.1 Å². The topological polar surface area (TPSA) is 108 Å². The molecule has 0 saturated carbocycles. The van der Waals surface area contributed by atoms with E-state index in [9.17, 15) is 14.4 Å². The van der Waals surface area contributed by atoms with Crippen molar-refractivity contribution in [1.29, 1.82) is 5.26 Å². The van der Waals surface area contributed by atoms with E-state index in [0.29, 0.717) is 5.69 Å². The second-order valence-corrected chi connectivity index (χ2v) is 6.58. The lowest BCUT2D eigenvalue weighted by atomic mass is 9.86. The van der Waals surface area contributed by atoms with Crippen LogP contribution in [-0.2, 0) is 16.8 Å². The lowest BCUT2D eigenvalue weighted by Gasteiger charge is -2.16. The first kappa shape index (κ1) is 17.7. The summed E-state index contributed by atoms with van der Waals surface area (Å²) in [5.41, 5.74) is -0.437. The molecule has 0 radical (unpaired) electrons. The largest absolute Gasteiger partial charge is 0.328 e. The van der Waals surface area contributed by atoms with Crippen LogP contribution < -0.4 is 16.6 Å². The molecule has 7 nitrogen and oxygen atoms in total. The third kappa shape index (κ3) is 4.00. The Morgan fingerprint density at radius 3 is 2.54 bits per heavy atom. The van der Waals surface area contributed by atoms with Gasteiger partial charge in [-0.05, 0) is 47.5 Å². The van der Waals surface area contributed by atoms with Crippen LogP contribution in [0.3, 0.4) is 0 Å². The van der Waals surface area contributed by atoms with Crippen LogP contribution in [0.4, 0.5) is 5.69 Å². The Kier molecular flexibility index (Phi) is 5.04. The minimum Gasteiger partial charge on any atom is -0.325 e. The molecule has 1 heterocycles. The van der Waals surface area contributed by atoms with Crippen LogP contribution in [-0.4, -0.2) is 15.5 Å². The average molecular weight is 391 g/mol. The number of aromatic nitrogens is 2. The van der Waals surface area contributed by atoms with Crippen LogP contribution in [0.15, 0.2) is 44.5 Å². The van der Waals surface area contributed by atoms with Crippen molar-refractivity contribution in [2.24, 2.45) is 0 Å². The average Bonchev–Trinajstić information content (AvgIpc) is 2.53. The lowest BCUT2D eigenvalue weighted by Crippen LogP contribution is -2.33. The number of nitrogens with zero attached hydrogens (tertiary/aromatic N) is 2. The zero-order chi connectivity index (χ0) is 17.9. The van der Waals surface area contributed by atoms with Crippen molar-refractivity contribution >= 4 is 27.5 Å². The predicted molar refractivity (Wildman–Crippen MR) is 92.7 cm³/mol. The van der Waals surface area contributed by atoms with Gasteiger partial charge in [0, 0.05) is 11.9 Å². The number of hydrogen-bond donors (Lipinski definition) is 2. The van der Waals surface area contributed by atoms with Crippen LogP contribution in [0.5, 0.6) is 0 Å². The van der Waals surface area contributed by atoms with E-state index < -0.39 is 22.6 Å². The van der Waals surface area contributed by atoms with Gasteiger partial charge in [-0.25, -0.2) is 4.79 Å². The number of aromatic amines is 1. The van der Waals surface area contributed by atoms with Crippen molar-refractivity contribution in [3.8, 4) is 6.07 Å². The molecular weight excluding hydrogens is 376 g/mol. The molecule has 0 aliphatic heterocycles. The molecule has 124 valence electrons. The highest BCUT2D eigenvalue weighted by atomic mass is 79.9. The monoisotopic (exact) mass is 390 g/mol. The fraction of sp³-hybridized carbons (Fsp3) is 0.250. The summed E-state index contributed by atoms with van der Waals surface area (Å²) in [5, 5.41) is 11.8. The van der Waals surface area contributed by atoms with E-state index in [0.717, 1.165) is 10.1 Å². The number of nitrogens with one attached hydrogen (secondary N) is 2. The SMILES string of the molecule is CC(C)(C#N)c1ccc(NC(=O)Cn2cc(Br)c(=O)[nH]c2=O)cc1. The standard InChI is InChI=1S/C16H15BrN4O3/c1-16(2,9-18)10-3-5-11(6-4-10)19-13(22)8-21-7-12(17)14(23)20-15(21)24/h3-7H,8H2,1-2H3,(H,19,22)(H,20,23,24). The van der Waals surface area contributed by atoms with Gasteiger partial charge in [-0.2, -0.15) is 5.26 Å². The summed E-state index contributed by atoms with van der Waals surface area (Å²) in [6.07, 6.45) is 1.26. The molecule has 2 N–H and O–H groups in total. The van der Waals surface area contributed by atoms with E-state index in [1.165, 1.54) is 6.20 Å². The molecule has 24 heavy (non-hydrogen) atoms. The highest BCUT2D eigenvalue weighted by Gasteiger charge is 2.19. The Labute approximate surface area is 146 Å². The number of benzene rings is 1. The molecule has 0 fully saturated rings. The molecule has 0 aliphatic carbocycles. The third-order valence-electron chi connectivity index (χ3n) is 3.45. The smallest absolute Gasteiger partial charge is 0.325 e. The van der Waals surface area contributed by atoms with Gasteiger partial charge >= 0.3 is 5.69 Å². The Hall–Kier alpha value is -2.66. The number of carbonyl (C=O) groups is 1. The quantitative estimate of drug-likeness (QED) is 0.828. The fourth-order valence-corrected chi connectivity index (χ4v) is 2.34. The normalized spacial score (nSPS) is 10.9. The molecule has 8 heteroatoms. The number of halogens is 1. The van der Waals surface area contributed by atoms with Gasteiger partial charge in [0.05, 0.1) is 16.0 Å². The molecule has 1 aromatic carbocycles. The van der Waals surface area contributed by atoms with Gasteiger partial charge in [0.2, 0.25) is 5.91 Å². The third-order valence-corrected chi connectivity index (χ3v) is 4.02. The second kappa shape index (κ2) is 6.84. The van der Waals surface area contributed by atoms with Crippen molar-refractivity contribution in [1.82, 2.24) is 9.55 Å². The number of hydrogen-bond acceptors (Lipinski definition) is 4. The van der Waals surface area contributed by atoms with E-state index >= 15 is 0 Å². The minimum absolute atomic E-state index is 0.165. The van der Waals surface area contributed by atoms with E-state index in [1.807, 2.05) is 0 Å². The van der Waals surface area contributed by atoms with Crippen molar-refractivity contribution in [2.45, 2.75) is 25.8 Å². The van der Waals surface area contributed by atoms with E-state index in [1.54, 1.807) is 38.1 Å². The van der Waals surface area contributed by atoms with Crippen LogP contribution in [0.1, 0.15) is 19.4 Å². The number of carbonyl (C=O) groups excluding carboxylic acids is 1. The van der Waals surface area contributed by atoms with Crippen LogP contribution in [0.2, 0.25) is 0 Å². The molecule has 0 saturated heterocycles. The summed E-state index contributed by atoms with van der Waals surface area (Å²) < 4.78 is 1.26. The number of anilines is 1. The van der Waals surface area contributed by atoms with Gasteiger partial charge in [0.25, 0.3) is 5.56 Å². The molecule has 2 rings (SSSR count). The van der Waals surface area contributed by atoms with E-state index in [-0.39, 0.29) is 11.0 Å². The van der Waals surface area contributed by atoms with Crippen LogP contribution in [0.25, 0.3) is 0 Å². The first-order chi connectivity index (χ1) is 11.2. The molecule has 0 bridgehead atoms. The molecule has 0 aliphatic rings. The van der Waals surface area contributed by atoms with E-state index in [4.69, 9.17) is 5.26 Å². The van der Waals surface area contributed by atoms with Crippen molar-refractivity contribution in [3.63, 3.8) is 0 Å². The van der Waals surface area contributed by atoms with E-state index in [2.05, 4.69) is 32.3 Å². The maximum absolute atomic E-state index is 12.0. The van der Waals surface area contributed by atoms with Crippen LogP contribution in [0, 0.1) is 11.3 Å². The summed E-state index contributed by atoms with van der Waals surface area (Å²) in [5.74, 6) is -0.414. The maximum atomic E-state index is 12.0. The summed E-state index contributed by atoms with van der Waals surface area (Å²) in [6.45, 7) is 3.38. The minimum atomic E-state index is -0.663. The van der Waals surface area contributed by atoms with Gasteiger partial charge in [-0.1, -0.05) is 12.1 Å². The van der Waals surface area contributed by atoms with Gasteiger partial charge in [0.15, 0.2) is 0 Å². The molecule has 1 amide bonds. The molecule has 0 spiro atoms. The zero-order valence-electron chi connectivity index (χ0n) is 13.1. The van der Waals surface area contributed by atoms with Crippen molar-refractivity contribution < 1.29 is 4.79 Å². The van der Waals surface area contributed by atoms with Gasteiger partial charge in [-0.15, -0.1) is 0 Å². The maximum Gasteiger partial charge on any atom is 0.328 e. The van der Waals surface area contributed by atoms with Crippen molar-refractivity contribution in [2.75, 3.05) is 5.32 Å². The summed E-state index contributed by atoms with van der Waals surface area (Å²) in [4.78, 5) is 37.1. The van der Waals surface area contributed by atoms with Crippen LogP contribution >= 0.6 is 15.9 Å².